The highest BCUT2D eigenvalue weighted by Gasteiger charge is 2.29. The van der Waals surface area contributed by atoms with Gasteiger partial charge in [0.1, 0.15) is 11.5 Å². The highest BCUT2D eigenvalue weighted by molar-refractivity contribution is 5.51. The third kappa shape index (κ3) is 3.06. The molecule has 1 aliphatic rings. The van der Waals surface area contributed by atoms with E-state index >= 15 is 0 Å². The van der Waals surface area contributed by atoms with Crippen molar-refractivity contribution in [3.05, 3.63) is 23.3 Å². The number of benzene rings is 1. The summed E-state index contributed by atoms with van der Waals surface area (Å²) < 4.78 is 15.9. The summed E-state index contributed by atoms with van der Waals surface area (Å²) in [5.41, 5.74) is 1.87. The Morgan fingerprint density at radius 2 is 1.90 bits per heavy atom. The fraction of sp³-hybridized carbons (Fsp3) is 0.600. The molecule has 0 radical (unpaired) electrons. The van der Waals surface area contributed by atoms with Crippen molar-refractivity contribution >= 4 is 0 Å². The van der Waals surface area contributed by atoms with Crippen LogP contribution in [0.25, 0.3) is 0 Å². The molecular weight excluding hydrogens is 258 g/mol. The number of aliphatic hydroxyl groups excluding tert-OH is 1. The van der Waals surface area contributed by atoms with Gasteiger partial charge in [-0.2, -0.15) is 0 Å². The van der Waals surface area contributed by atoms with Crippen LogP contribution in [0.2, 0.25) is 0 Å². The van der Waals surface area contributed by atoms with E-state index in [-0.39, 0.29) is 0 Å². The summed E-state index contributed by atoms with van der Waals surface area (Å²) in [6.45, 7) is 3.00. The number of aliphatic hydroxyl groups is 1. The summed E-state index contributed by atoms with van der Waals surface area (Å²) >= 11 is 0. The van der Waals surface area contributed by atoms with Crippen LogP contribution < -0.4 is 9.47 Å². The second kappa shape index (κ2) is 6.92. The topological polar surface area (TPSA) is 51.2 Å². The van der Waals surface area contributed by atoms with Gasteiger partial charge in [-0.05, 0) is 18.6 Å². The lowest BCUT2D eigenvalue weighted by atomic mass is 9.95. The summed E-state index contributed by atoms with van der Waals surface area (Å²) in [5.74, 6) is 1.53. The zero-order valence-corrected chi connectivity index (χ0v) is 12.4. The Morgan fingerprint density at radius 3 is 2.55 bits per heavy atom. The average Bonchev–Trinajstić information content (AvgIpc) is 2.46. The highest BCUT2D eigenvalue weighted by Crippen LogP contribution is 2.39. The van der Waals surface area contributed by atoms with Crippen molar-refractivity contribution in [3.8, 4) is 11.5 Å². The second-order valence-corrected chi connectivity index (χ2v) is 4.96. The van der Waals surface area contributed by atoms with Gasteiger partial charge in [-0.3, -0.25) is 4.90 Å². The number of methoxy groups -OCH3 is 3. The summed E-state index contributed by atoms with van der Waals surface area (Å²) in [4.78, 5) is 2.22. The number of nitrogens with zero attached hydrogens (tertiary/aromatic N) is 1. The van der Waals surface area contributed by atoms with E-state index in [0.717, 1.165) is 48.7 Å². The number of ether oxygens (including phenoxy) is 3. The summed E-state index contributed by atoms with van der Waals surface area (Å²) in [5, 5.41) is 10.4. The van der Waals surface area contributed by atoms with Gasteiger partial charge in [0, 0.05) is 44.5 Å². The van der Waals surface area contributed by atoms with Gasteiger partial charge in [-0.25, -0.2) is 0 Å². The third-order valence-corrected chi connectivity index (χ3v) is 3.68. The van der Waals surface area contributed by atoms with Gasteiger partial charge >= 0.3 is 0 Å². The first-order chi connectivity index (χ1) is 9.71. The minimum absolute atomic E-state index is 0.550. The maximum absolute atomic E-state index is 10.4. The van der Waals surface area contributed by atoms with Crippen LogP contribution in [0.3, 0.4) is 0 Å². The molecule has 1 aliphatic heterocycles. The van der Waals surface area contributed by atoms with E-state index in [2.05, 4.69) is 4.90 Å². The Bertz CT molecular complexity index is 450. The summed E-state index contributed by atoms with van der Waals surface area (Å²) in [6, 6.07) is 3.74. The van der Waals surface area contributed by atoms with E-state index in [1.165, 1.54) is 0 Å². The zero-order valence-electron chi connectivity index (χ0n) is 12.4. The van der Waals surface area contributed by atoms with Gasteiger partial charge in [0.2, 0.25) is 0 Å². The van der Waals surface area contributed by atoms with Crippen molar-refractivity contribution < 1.29 is 19.3 Å². The molecule has 20 heavy (non-hydrogen) atoms. The summed E-state index contributed by atoms with van der Waals surface area (Å²) in [6.07, 6.45) is 0.400. The SMILES string of the molecule is COCCCN1Cc2c(OC)ccc(OC)c2[C@H](O)C1. The fourth-order valence-corrected chi connectivity index (χ4v) is 2.75. The van der Waals surface area contributed by atoms with Crippen LogP contribution in [-0.4, -0.2) is 51.0 Å². The Kier molecular flexibility index (Phi) is 5.23. The van der Waals surface area contributed by atoms with Crippen molar-refractivity contribution in [2.75, 3.05) is 41.0 Å². The molecule has 112 valence electrons. The smallest absolute Gasteiger partial charge is 0.125 e. The Hall–Kier alpha value is -1.30. The van der Waals surface area contributed by atoms with E-state index in [1.54, 1.807) is 21.3 Å². The Morgan fingerprint density at radius 1 is 1.20 bits per heavy atom. The number of β-amino-alcohol motifs (C(OH)–C–C–N with tert-alkyl or cyclic N) is 1. The first-order valence-electron chi connectivity index (χ1n) is 6.84. The molecule has 2 rings (SSSR count). The summed E-state index contributed by atoms with van der Waals surface area (Å²) in [7, 11) is 4.98. The molecular formula is C15H23NO4. The predicted molar refractivity (Wildman–Crippen MR) is 76.3 cm³/mol. The lowest BCUT2D eigenvalue weighted by Gasteiger charge is -2.33. The van der Waals surface area contributed by atoms with Crippen LogP contribution in [-0.2, 0) is 11.3 Å². The van der Waals surface area contributed by atoms with Crippen molar-refractivity contribution in [2.24, 2.45) is 0 Å². The second-order valence-electron chi connectivity index (χ2n) is 4.96. The van der Waals surface area contributed by atoms with Gasteiger partial charge in [-0.15, -0.1) is 0 Å². The van der Waals surface area contributed by atoms with Crippen LogP contribution in [0, 0.1) is 0 Å². The molecule has 0 aromatic heterocycles. The van der Waals surface area contributed by atoms with Gasteiger partial charge in [0.25, 0.3) is 0 Å². The minimum atomic E-state index is -0.550. The molecule has 5 nitrogen and oxygen atoms in total. The molecule has 0 spiro atoms. The van der Waals surface area contributed by atoms with Crippen LogP contribution in [0.15, 0.2) is 12.1 Å². The standard InChI is InChI=1S/C15H23NO4/c1-18-8-4-7-16-9-11-13(19-2)5-6-14(20-3)15(11)12(17)10-16/h5-6,12,17H,4,7-10H2,1-3H3/t12-/m1/s1. The molecule has 0 saturated carbocycles. The Labute approximate surface area is 120 Å². The average molecular weight is 281 g/mol. The maximum Gasteiger partial charge on any atom is 0.125 e. The zero-order chi connectivity index (χ0) is 14.5. The Balaban J connectivity index is 2.23. The van der Waals surface area contributed by atoms with Crippen LogP contribution >= 0.6 is 0 Å². The van der Waals surface area contributed by atoms with Crippen LogP contribution in [0.1, 0.15) is 23.7 Å². The van der Waals surface area contributed by atoms with Gasteiger partial charge in [0.15, 0.2) is 0 Å². The number of rotatable bonds is 6. The molecule has 0 amide bonds. The number of fused-ring (bicyclic) bond motifs is 1. The fourth-order valence-electron chi connectivity index (χ4n) is 2.75. The molecule has 0 fully saturated rings. The monoisotopic (exact) mass is 281 g/mol. The van der Waals surface area contributed by atoms with E-state index in [9.17, 15) is 5.11 Å². The normalized spacial score (nSPS) is 18.7. The quantitative estimate of drug-likeness (QED) is 0.803. The molecule has 1 heterocycles. The molecule has 1 N–H and O–H groups in total. The van der Waals surface area contributed by atoms with E-state index in [0.29, 0.717) is 6.54 Å². The molecule has 1 atom stereocenters. The van der Waals surface area contributed by atoms with Gasteiger partial charge < -0.3 is 19.3 Å². The predicted octanol–water partition coefficient (Wildman–Crippen LogP) is 1.59. The van der Waals surface area contributed by atoms with Crippen molar-refractivity contribution in [3.63, 3.8) is 0 Å². The van der Waals surface area contributed by atoms with Gasteiger partial charge in [-0.1, -0.05) is 0 Å². The molecule has 0 aliphatic carbocycles. The largest absolute Gasteiger partial charge is 0.496 e. The third-order valence-electron chi connectivity index (χ3n) is 3.68. The van der Waals surface area contributed by atoms with Crippen LogP contribution in [0.5, 0.6) is 11.5 Å². The highest BCUT2D eigenvalue weighted by atomic mass is 16.5. The first kappa shape index (κ1) is 15.1. The maximum atomic E-state index is 10.4. The molecule has 5 heteroatoms. The first-order valence-corrected chi connectivity index (χ1v) is 6.84. The molecule has 0 unspecified atom stereocenters. The lowest BCUT2D eigenvalue weighted by Crippen LogP contribution is -2.35. The van der Waals surface area contributed by atoms with Gasteiger partial charge in [0.05, 0.1) is 20.3 Å². The van der Waals surface area contributed by atoms with Crippen molar-refractivity contribution in [1.29, 1.82) is 0 Å². The van der Waals surface area contributed by atoms with E-state index in [4.69, 9.17) is 14.2 Å². The number of hydrogen-bond donors (Lipinski definition) is 1. The molecule has 1 aromatic carbocycles. The minimum Gasteiger partial charge on any atom is -0.496 e. The van der Waals surface area contributed by atoms with E-state index in [1.807, 2.05) is 12.1 Å². The molecule has 0 bridgehead atoms. The van der Waals surface area contributed by atoms with E-state index < -0.39 is 6.10 Å². The number of hydrogen-bond acceptors (Lipinski definition) is 5. The van der Waals surface area contributed by atoms with Crippen molar-refractivity contribution in [1.82, 2.24) is 4.90 Å². The molecule has 0 saturated heterocycles. The van der Waals surface area contributed by atoms with Crippen molar-refractivity contribution in [2.45, 2.75) is 19.1 Å². The van der Waals surface area contributed by atoms with Crippen LogP contribution in [0.4, 0.5) is 0 Å². The molecule has 1 aromatic rings. The lowest BCUT2D eigenvalue weighted by molar-refractivity contribution is 0.0811.